The molecule has 1 heterocycles. The van der Waals surface area contributed by atoms with Crippen LogP contribution in [0.1, 0.15) is 37.7 Å². The van der Waals surface area contributed by atoms with E-state index in [9.17, 15) is 4.79 Å². The highest BCUT2D eigenvalue weighted by atomic mass is 16.1. The number of hydrogen-bond donors (Lipinski definition) is 2. The number of pyridine rings is 1. The number of aromatic nitrogens is 1. The summed E-state index contributed by atoms with van der Waals surface area (Å²) in [5, 5.41) is 8.04. The van der Waals surface area contributed by atoms with Crippen molar-refractivity contribution in [1.82, 2.24) is 10.3 Å². The molecule has 0 unspecified atom stereocenters. The van der Waals surface area contributed by atoms with Crippen LogP contribution < -0.4 is 15.5 Å². The molecule has 3 aromatic rings. The fraction of sp³-hybridized carbons (Fsp3) is 0.385. The first kappa shape index (κ1) is 21.2. The monoisotopic (exact) mass is 416 g/mol. The van der Waals surface area contributed by atoms with E-state index < -0.39 is 0 Å². The van der Waals surface area contributed by atoms with Gasteiger partial charge in [-0.05, 0) is 43.7 Å². The lowest BCUT2D eigenvalue weighted by Gasteiger charge is -2.30. The Morgan fingerprint density at radius 1 is 0.968 bits per heavy atom. The van der Waals surface area contributed by atoms with Crippen molar-refractivity contribution in [3.63, 3.8) is 0 Å². The number of nitrogens with one attached hydrogen (secondary N) is 2. The second-order valence-corrected chi connectivity index (χ2v) is 8.68. The molecule has 2 N–H and O–H groups in total. The van der Waals surface area contributed by atoms with Gasteiger partial charge in [-0.3, -0.25) is 4.79 Å². The number of hydrogen-bond acceptors (Lipinski definition) is 4. The van der Waals surface area contributed by atoms with Crippen molar-refractivity contribution >= 4 is 28.3 Å². The number of amides is 1. The summed E-state index contributed by atoms with van der Waals surface area (Å²) < 4.78 is 0. The fourth-order valence-electron chi connectivity index (χ4n) is 4.39. The van der Waals surface area contributed by atoms with Gasteiger partial charge in [0.2, 0.25) is 5.91 Å². The maximum atomic E-state index is 12.3. The number of fused-ring (bicyclic) bond motifs is 1. The van der Waals surface area contributed by atoms with Crippen LogP contribution in [0.5, 0.6) is 0 Å². The second-order valence-electron chi connectivity index (χ2n) is 8.68. The Kier molecular flexibility index (Phi) is 6.70. The Morgan fingerprint density at radius 2 is 1.65 bits per heavy atom. The van der Waals surface area contributed by atoms with Gasteiger partial charge in [-0.1, -0.05) is 48.5 Å². The van der Waals surface area contributed by atoms with Crippen LogP contribution in [0.15, 0.2) is 60.7 Å². The molecule has 1 aliphatic rings. The van der Waals surface area contributed by atoms with Crippen molar-refractivity contribution in [3.05, 3.63) is 66.2 Å². The Balaban J connectivity index is 1.29. The van der Waals surface area contributed by atoms with Gasteiger partial charge in [0.05, 0.1) is 5.52 Å². The Bertz CT molecular complexity index is 1010. The summed E-state index contributed by atoms with van der Waals surface area (Å²) in [6.45, 7) is 0. The standard InChI is InChI=1S/C26H32N4O/c1-30(2)24-18-25(29-23-11-7-6-10-22(23)24)27-20-13-15-21(16-14-20)28-26(31)17-12-19-8-4-3-5-9-19/h3-11,18,20-21H,12-17H2,1-2H3,(H,27,29)(H,28,31). The molecule has 31 heavy (non-hydrogen) atoms. The van der Waals surface area contributed by atoms with Gasteiger partial charge in [0, 0.05) is 49.7 Å². The minimum Gasteiger partial charge on any atom is -0.377 e. The van der Waals surface area contributed by atoms with E-state index in [1.807, 2.05) is 24.3 Å². The zero-order chi connectivity index (χ0) is 21.6. The zero-order valence-corrected chi connectivity index (χ0v) is 18.5. The average Bonchev–Trinajstić information content (AvgIpc) is 2.79. The van der Waals surface area contributed by atoms with Gasteiger partial charge < -0.3 is 15.5 Å². The molecular formula is C26H32N4O. The summed E-state index contributed by atoms with van der Waals surface area (Å²) in [4.78, 5) is 19.3. The minimum atomic E-state index is 0.159. The highest BCUT2D eigenvalue weighted by Gasteiger charge is 2.23. The summed E-state index contributed by atoms with van der Waals surface area (Å²) >= 11 is 0. The number of para-hydroxylation sites is 1. The maximum Gasteiger partial charge on any atom is 0.220 e. The predicted octanol–water partition coefficient (Wildman–Crippen LogP) is 4.77. The van der Waals surface area contributed by atoms with Crippen LogP contribution in [0.4, 0.5) is 11.5 Å². The van der Waals surface area contributed by atoms with Crippen LogP contribution in [-0.4, -0.2) is 37.1 Å². The van der Waals surface area contributed by atoms with Crippen molar-refractivity contribution < 1.29 is 4.79 Å². The molecule has 1 fully saturated rings. The first-order valence-corrected chi connectivity index (χ1v) is 11.3. The molecule has 4 rings (SSSR count). The Labute approximate surface area is 184 Å². The largest absolute Gasteiger partial charge is 0.377 e. The van der Waals surface area contributed by atoms with Crippen molar-refractivity contribution in [2.24, 2.45) is 0 Å². The van der Waals surface area contributed by atoms with E-state index in [0.29, 0.717) is 12.5 Å². The smallest absolute Gasteiger partial charge is 0.220 e. The van der Waals surface area contributed by atoms with Crippen molar-refractivity contribution in [2.75, 3.05) is 24.3 Å². The summed E-state index contributed by atoms with van der Waals surface area (Å²) in [5.41, 5.74) is 3.40. The summed E-state index contributed by atoms with van der Waals surface area (Å²) in [7, 11) is 4.13. The van der Waals surface area contributed by atoms with Gasteiger partial charge in [0.15, 0.2) is 0 Å². The normalized spacial score (nSPS) is 18.5. The third kappa shape index (κ3) is 5.54. The predicted molar refractivity (Wildman–Crippen MR) is 129 cm³/mol. The van der Waals surface area contributed by atoms with Crippen LogP contribution in [0.3, 0.4) is 0 Å². The van der Waals surface area contributed by atoms with E-state index in [2.05, 4.69) is 66.0 Å². The van der Waals surface area contributed by atoms with Crippen molar-refractivity contribution in [3.8, 4) is 0 Å². The third-order valence-corrected chi connectivity index (χ3v) is 6.10. The molecule has 0 atom stereocenters. The van der Waals surface area contributed by atoms with Gasteiger partial charge in [-0.25, -0.2) is 4.98 Å². The number of aryl methyl sites for hydroxylation is 1. The summed E-state index contributed by atoms with van der Waals surface area (Å²) in [5.74, 6) is 1.09. The maximum absolute atomic E-state index is 12.3. The van der Waals surface area contributed by atoms with Gasteiger partial charge in [0.25, 0.3) is 0 Å². The van der Waals surface area contributed by atoms with E-state index >= 15 is 0 Å². The number of carbonyl (C=O) groups excluding carboxylic acids is 1. The minimum absolute atomic E-state index is 0.159. The molecular weight excluding hydrogens is 384 g/mol. The molecule has 0 spiro atoms. The molecule has 0 bridgehead atoms. The lowest BCUT2D eigenvalue weighted by molar-refractivity contribution is -0.122. The SMILES string of the molecule is CN(C)c1cc(NC2CCC(NC(=O)CCc3ccccc3)CC2)nc2ccccc12. The molecule has 0 saturated heterocycles. The van der Waals surface area contributed by atoms with Gasteiger partial charge in [0.1, 0.15) is 5.82 Å². The molecule has 1 saturated carbocycles. The first-order chi connectivity index (χ1) is 15.1. The molecule has 5 nitrogen and oxygen atoms in total. The van der Waals surface area contributed by atoms with Crippen molar-refractivity contribution in [2.45, 2.75) is 50.6 Å². The molecule has 162 valence electrons. The van der Waals surface area contributed by atoms with Crippen molar-refractivity contribution in [1.29, 1.82) is 0 Å². The van der Waals surface area contributed by atoms with Gasteiger partial charge >= 0.3 is 0 Å². The first-order valence-electron chi connectivity index (χ1n) is 11.3. The van der Waals surface area contributed by atoms with E-state index in [1.54, 1.807) is 0 Å². The molecule has 2 aromatic carbocycles. The summed E-state index contributed by atoms with van der Waals surface area (Å²) in [6.07, 6.45) is 5.43. The molecule has 0 aliphatic heterocycles. The quantitative estimate of drug-likeness (QED) is 0.582. The van der Waals surface area contributed by atoms with Gasteiger partial charge in [-0.2, -0.15) is 0 Å². The number of nitrogens with zero attached hydrogens (tertiary/aromatic N) is 2. The molecule has 0 radical (unpaired) electrons. The molecule has 1 aromatic heterocycles. The van der Waals surface area contributed by atoms with E-state index in [0.717, 1.165) is 43.4 Å². The van der Waals surface area contributed by atoms with E-state index in [-0.39, 0.29) is 11.9 Å². The number of anilines is 2. The van der Waals surface area contributed by atoms with Crippen LogP contribution in [0, 0.1) is 0 Å². The number of carbonyl (C=O) groups is 1. The molecule has 1 amide bonds. The van der Waals surface area contributed by atoms with E-state index in [1.165, 1.54) is 16.6 Å². The lowest BCUT2D eigenvalue weighted by atomic mass is 9.91. The fourth-order valence-corrected chi connectivity index (χ4v) is 4.39. The average molecular weight is 417 g/mol. The van der Waals surface area contributed by atoms with Crippen LogP contribution in [-0.2, 0) is 11.2 Å². The number of rotatable bonds is 7. The van der Waals surface area contributed by atoms with Gasteiger partial charge in [-0.15, -0.1) is 0 Å². The van der Waals surface area contributed by atoms with Crippen LogP contribution in [0.2, 0.25) is 0 Å². The summed E-state index contributed by atoms with van der Waals surface area (Å²) in [6, 6.07) is 21.3. The topological polar surface area (TPSA) is 57.3 Å². The zero-order valence-electron chi connectivity index (χ0n) is 18.5. The second kappa shape index (κ2) is 9.82. The third-order valence-electron chi connectivity index (χ3n) is 6.10. The van der Waals surface area contributed by atoms with Crippen LogP contribution in [0.25, 0.3) is 10.9 Å². The van der Waals surface area contributed by atoms with Crippen LogP contribution >= 0.6 is 0 Å². The lowest BCUT2D eigenvalue weighted by Crippen LogP contribution is -2.40. The number of benzene rings is 2. The molecule has 5 heteroatoms. The highest BCUT2D eigenvalue weighted by molar-refractivity contribution is 5.93. The highest BCUT2D eigenvalue weighted by Crippen LogP contribution is 2.29. The Hall–Kier alpha value is -3.08. The molecule has 1 aliphatic carbocycles. The van der Waals surface area contributed by atoms with E-state index in [4.69, 9.17) is 4.98 Å². The Morgan fingerprint density at radius 3 is 2.39 bits per heavy atom.